The zero-order valence-corrected chi connectivity index (χ0v) is 15.7. The molecule has 26 heavy (non-hydrogen) atoms. The summed E-state index contributed by atoms with van der Waals surface area (Å²) in [6.45, 7) is 2.66. The van der Waals surface area contributed by atoms with Crippen LogP contribution >= 0.6 is 0 Å². The number of fused-ring (bicyclic) bond motifs is 1. The van der Waals surface area contributed by atoms with Crippen molar-refractivity contribution in [2.45, 2.75) is 49.2 Å². The summed E-state index contributed by atoms with van der Waals surface area (Å²) in [4.78, 5) is 24.6. The molecule has 0 spiro atoms. The van der Waals surface area contributed by atoms with Gasteiger partial charge < -0.3 is 4.90 Å². The van der Waals surface area contributed by atoms with Gasteiger partial charge in [0.25, 0.3) is 5.69 Å². The van der Waals surface area contributed by atoms with Crippen LogP contribution in [0.2, 0.25) is 0 Å². The first-order valence-electron chi connectivity index (χ1n) is 9.08. The fourth-order valence-corrected chi connectivity index (χ4v) is 5.49. The van der Waals surface area contributed by atoms with Crippen molar-refractivity contribution in [1.82, 2.24) is 4.90 Å². The van der Waals surface area contributed by atoms with Gasteiger partial charge in [0.2, 0.25) is 5.91 Å². The van der Waals surface area contributed by atoms with Crippen LogP contribution in [-0.4, -0.2) is 42.5 Å². The average Bonchev–Trinajstić information content (AvgIpc) is 2.66. The molecule has 1 aromatic carbocycles. The van der Waals surface area contributed by atoms with Crippen LogP contribution in [0.15, 0.2) is 29.2 Å². The Morgan fingerprint density at radius 2 is 1.77 bits per heavy atom. The topological polar surface area (TPSA) is 97.6 Å². The van der Waals surface area contributed by atoms with Crippen LogP contribution in [-0.2, 0) is 14.6 Å². The quantitative estimate of drug-likeness (QED) is 0.591. The fourth-order valence-electron chi connectivity index (χ4n) is 4.15. The highest BCUT2D eigenvalue weighted by atomic mass is 32.2. The fraction of sp³-hybridized carbons (Fsp3) is 0.611. The van der Waals surface area contributed by atoms with E-state index in [1.165, 1.54) is 38.3 Å². The zero-order chi connectivity index (χ0) is 18.9. The summed E-state index contributed by atoms with van der Waals surface area (Å²) in [5.74, 6) is 0.775. The van der Waals surface area contributed by atoms with E-state index in [1.807, 2.05) is 0 Å². The number of nitro groups is 1. The third kappa shape index (κ3) is 3.60. The molecule has 2 aliphatic rings. The molecular formula is C18H24N2O5S. The number of carbonyl (C=O) groups is 1. The van der Waals surface area contributed by atoms with Crippen LogP contribution in [0, 0.1) is 22.0 Å². The Bertz CT molecular complexity index is 790. The number of rotatable bonds is 4. The minimum atomic E-state index is -3.87. The van der Waals surface area contributed by atoms with Gasteiger partial charge in [-0.3, -0.25) is 14.9 Å². The lowest BCUT2D eigenvalue weighted by Crippen LogP contribution is -2.49. The van der Waals surface area contributed by atoms with Gasteiger partial charge in [-0.15, -0.1) is 0 Å². The number of non-ortho nitro benzene ring substituents is 1. The predicted molar refractivity (Wildman–Crippen MR) is 96.4 cm³/mol. The number of likely N-dealkylation sites (tertiary alicyclic amines) is 1. The number of nitrogens with zero attached hydrogens (tertiary/aromatic N) is 2. The van der Waals surface area contributed by atoms with E-state index in [1.54, 1.807) is 4.90 Å². The number of piperidine rings is 1. The van der Waals surface area contributed by atoms with Gasteiger partial charge in [0.1, 0.15) is 5.25 Å². The molecule has 1 aliphatic heterocycles. The van der Waals surface area contributed by atoms with Crippen molar-refractivity contribution in [3.63, 3.8) is 0 Å². The van der Waals surface area contributed by atoms with Crippen molar-refractivity contribution >= 4 is 21.4 Å². The van der Waals surface area contributed by atoms with Crippen molar-refractivity contribution in [3.8, 4) is 0 Å². The summed E-state index contributed by atoms with van der Waals surface area (Å²) in [5.41, 5.74) is -0.178. The summed E-state index contributed by atoms with van der Waals surface area (Å²) < 4.78 is 25.5. The first-order valence-corrected chi connectivity index (χ1v) is 10.6. The number of amides is 1. The van der Waals surface area contributed by atoms with Crippen molar-refractivity contribution in [3.05, 3.63) is 34.4 Å². The van der Waals surface area contributed by atoms with E-state index in [2.05, 4.69) is 0 Å². The molecule has 8 heteroatoms. The third-order valence-corrected chi connectivity index (χ3v) is 7.85. The Kier molecular flexibility index (Phi) is 5.32. The third-order valence-electron chi connectivity index (χ3n) is 5.79. The van der Waals surface area contributed by atoms with Gasteiger partial charge in [-0.1, -0.05) is 19.3 Å². The van der Waals surface area contributed by atoms with Crippen LogP contribution in [0.1, 0.15) is 39.0 Å². The maximum Gasteiger partial charge on any atom is 0.269 e. The zero-order valence-electron chi connectivity index (χ0n) is 14.8. The molecule has 1 saturated heterocycles. The monoisotopic (exact) mass is 380 g/mol. The lowest BCUT2D eigenvalue weighted by molar-refractivity contribution is -0.384. The maximum atomic E-state index is 12.8. The smallest absolute Gasteiger partial charge is 0.269 e. The predicted octanol–water partition coefficient (Wildman–Crippen LogP) is 2.80. The lowest BCUT2D eigenvalue weighted by Gasteiger charge is -2.41. The molecule has 142 valence electrons. The Balaban J connectivity index is 1.73. The first kappa shape index (κ1) is 18.8. The second-order valence-electron chi connectivity index (χ2n) is 7.32. The van der Waals surface area contributed by atoms with Crippen LogP contribution in [0.5, 0.6) is 0 Å². The van der Waals surface area contributed by atoms with E-state index in [0.29, 0.717) is 24.9 Å². The second kappa shape index (κ2) is 7.34. The molecular weight excluding hydrogens is 356 g/mol. The van der Waals surface area contributed by atoms with Gasteiger partial charge in [0.15, 0.2) is 9.84 Å². The summed E-state index contributed by atoms with van der Waals surface area (Å²) >= 11 is 0. The lowest BCUT2D eigenvalue weighted by atomic mass is 9.75. The second-order valence-corrected chi connectivity index (χ2v) is 9.58. The number of nitro benzene ring substituents is 1. The van der Waals surface area contributed by atoms with Crippen molar-refractivity contribution < 1.29 is 18.1 Å². The molecule has 1 aromatic rings. The normalized spacial score (nSPS) is 24.6. The minimum absolute atomic E-state index is 0.0588. The Labute approximate surface area is 153 Å². The molecule has 0 unspecified atom stereocenters. The number of benzene rings is 1. The highest BCUT2D eigenvalue weighted by Crippen LogP contribution is 2.36. The van der Waals surface area contributed by atoms with Crippen LogP contribution in [0.25, 0.3) is 0 Å². The molecule has 3 atom stereocenters. The molecule has 3 rings (SSSR count). The average molecular weight is 380 g/mol. The van der Waals surface area contributed by atoms with Gasteiger partial charge in [-0.25, -0.2) is 8.42 Å². The largest absolute Gasteiger partial charge is 0.341 e. The van der Waals surface area contributed by atoms with Crippen LogP contribution < -0.4 is 0 Å². The van der Waals surface area contributed by atoms with Gasteiger partial charge in [0, 0.05) is 25.2 Å². The summed E-state index contributed by atoms with van der Waals surface area (Å²) in [7, 11) is -3.87. The van der Waals surface area contributed by atoms with E-state index in [0.717, 1.165) is 25.0 Å². The summed E-state index contributed by atoms with van der Waals surface area (Å²) in [5, 5.41) is 9.53. The van der Waals surface area contributed by atoms with E-state index in [-0.39, 0.29) is 16.5 Å². The molecule has 0 bridgehead atoms. The van der Waals surface area contributed by atoms with E-state index in [9.17, 15) is 23.3 Å². The van der Waals surface area contributed by atoms with E-state index >= 15 is 0 Å². The van der Waals surface area contributed by atoms with Crippen molar-refractivity contribution in [2.75, 3.05) is 13.1 Å². The van der Waals surface area contributed by atoms with Crippen LogP contribution in [0.3, 0.4) is 0 Å². The van der Waals surface area contributed by atoms with Crippen molar-refractivity contribution in [2.24, 2.45) is 11.8 Å². The number of hydrogen-bond donors (Lipinski definition) is 0. The van der Waals surface area contributed by atoms with E-state index < -0.39 is 20.0 Å². The number of carbonyl (C=O) groups excluding carboxylic acids is 1. The highest BCUT2D eigenvalue weighted by molar-refractivity contribution is 7.92. The molecule has 0 aromatic heterocycles. The standard InChI is InChI=1S/C18H24N2O5S/c1-13(26(24,25)17-8-6-16(7-9-17)20(22)23)18(21)19-11-10-14-4-2-3-5-15(14)12-19/h6-9,13-15H,2-5,10-12H2,1H3/t13-,14+,15-/m1/s1. The van der Waals surface area contributed by atoms with Crippen LogP contribution in [0.4, 0.5) is 5.69 Å². The van der Waals surface area contributed by atoms with Gasteiger partial charge in [0.05, 0.1) is 9.82 Å². The Hall–Kier alpha value is -1.96. The molecule has 1 saturated carbocycles. The molecule has 1 aliphatic carbocycles. The highest BCUT2D eigenvalue weighted by Gasteiger charge is 2.38. The van der Waals surface area contributed by atoms with Gasteiger partial charge in [-0.05, 0) is 43.7 Å². The van der Waals surface area contributed by atoms with E-state index in [4.69, 9.17) is 0 Å². The summed E-state index contributed by atoms with van der Waals surface area (Å²) in [6.07, 6.45) is 5.70. The Morgan fingerprint density at radius 3 is 2.38 bits per heavy atom. The minimum Gasteiger partial charge on any atom is -0.341 e. The summed E-state index contributed by atoms with van der Waals surface area (Å²) in [6, 6.07) is 4.70. The number of hydrogen-bond acceptors (Lipinski definition) is 5. The molecule has 7 nitrogen and oxygen atoms in total. The molecule has 0 N–H and O–H groups in total. The maximum absolute atomic E-state index is 12.8. The number of sulfone groups is 1. The first-order chi connectivity index (χ1) is 12.3. The molecule has 1 heterocycles. The SMILES string of the molecule is C[C@H](C(=O)N1CC[C@@H]2CCCC[C@@H]2C1)S(=O)(=O)c1ccc([N+](=O)[O-])cc1. The van der Waals surface area contributed by atoms with Gasteiger partial charge >= 0.3 is 0 Å². The molecule has 2 fully saturated rings. The molecule has 0 radical (unpaired) electrons. The van der Waals surface area contributed by atoms with Gasteiger partial charge in [-0.2, -0.15) is 0 Å². The Morgan fingerprint density at radius 1 is 1.15 bits per heavy atom. The van der Waals surface area contributed by atoms with Crippen molar-refractivity contribution in [1.29, 1.82) is 0 Å². The molecule has 1 amide bonds.